The van der Waals surface area contributed by atoms with E-state index in [1.54, 1.807) is 0 Å². The molecule has 2 N–H and O–H groups in total. The number of hydrogen-bond acceptors (Lipinski definition) is 5. The molecule has 1 aromatic heterocycles. The van der Waals surface area contributed by atoms with Gasteiger partial charge in [0.2, 0.25) is 0 Å². The van der Waals surface area contributed by atoms with Crippen LogP contribution in [0.4, 0.5) is 0 Å². The largest absolute Gasteiger partial charge is 0.395 e. The lowest BCUT2D eigenvalue weighted by atomic mass is 10.3. The van der Waals surface area contributed by atoms with Gasteiger partial charge < -0.3 is 10.4 Å². The van der Waals surface area contributed by atoms with Gasteiger partial charge >= 0.3 is 0 Å². The van der Waals surface area contributed by atoms with Crippen LogP contribution in [0.5, 0.6) is 0 Å². The molecule has 0 spiro atoms. The van der Waals surface area contributed by atoms with Crippen LogP contribution in [0, 0.1) is 6.92 Å². The number of aliphatic hydroxyl groups excluding tert-OH is 1. The summed E-state index contributed by atoms with van der Waals surface area (Å²) in [6.07, 6.45) is 0. The van der Waals surface area contributed by atoms with E-state index in [1.807, 2.05) is 6.92 Å². The van der Waals surface area contributed by atoms with E-state index in [-0.39, 0.29) is 6.61 Å². The summed E-state index contributed by atoms with van der Waals surface area (Å²) in [7, 11) is 0. The van der Waals surface area contributed by atoms with E-state index in [4.69, 9.17) is 5.11 Å². The summed E-state index contributed by atoms with van der Waals surface area (Å²) in [5.74, 6) is 0. The Balaban J connectivity index is 2.32. The molecular weight excluding hydrogens is 146 g/mol. The van der Waals surface area contributed by atoms with E-state index in [2.05, 4.69) is 20.3 Å². The highest BCUT2D eigenvalue weighted by Gasteiger charge is 2.02. The molecule has 0 aromatic carbocycles. The van der Waals surface area contributed by atoms with Crippen molar-refractivity contribution in [2.45, 2.75) is 13.5 Å². The fourth-order valence-electron chi connectivity index (χ4n) is 0.696. The number of rotatable bonds is 4. The molecule has 0 fully saturated rings. The molecule has 0 saturated heterocycles. The van der Waals surface area contributed by atoms with Crippen LogP contribution in [0.1, 0.15) is 11.4 Å². The molecule has 0 amide bonds. The Kier molecular flexibility index (Phi) is 3.00. The monoisotopic (exact) mass is 157 g/mol. The third kappa shape index (κ3) is 2.28. The second kappa shape index (κ2) is 4.05. The summed E-state index contributed by atoms with van der Waals surface area (Å²) in [6.45, 7) is 3.11. The van der Waals surface area contributed by atoms with Crippen LogP contribution in [0.25, 0.3) is 0 Å². The standard InChI is InChI=1S/C6H11N3O2/c1-5-6(9-11-8-5)4-7-2-3-10/h7,10H,2-4H2,1H3. The highest BCUT2D eigenvalue weighted by Crippen LogP contribution is 1.98. The van der Waals surface area contributed by atoms with E-state index in [1.165, 1.54) is 0 Å². The van der Waals surface area contributed by atoms with Crippen molar-refractivity contribution in [3.63, 3.8) is 0 Å². The first-order valence-corrected chi connectivity index (χ1v) is 3.44. The molecule has 1 heterocycles. The fraction of sp³-hybridized carbons (Fsp3) is 0.667. The van der Waals surface area contributed by atoms with Gasteiger partial charge in [-0.25, -0.2) is 4.63 Å². The third-order valence-corrected chi connectivity index (χ3v) is 1.33. The number of aromatic nitrogens is 2. The fourth-order valence-corrected chi connectivity index (χ4v) is 0.696. The molecule has 0 saturated carbocycles. The molecule has 0 aliphatic carbocycles. The molecule has 11 heavy (non-hydrogen) atoms. The topological polar surface area (TPSA) is 71.2 Å². The third-order valence-electron chi connectivity index (χ3n) is 1.33. The zero-order valence-corrected chi connectivity index (χ0v) is 6.37. The minimum absolute atomic E-state index is 0.129. The van der Waals surface area contributed by atoms with Gasteiger partial charge in [0.15, 0.2) is 0 Å². The first-order valence-electron chi connectivity index (χ1n) is 3.44. The second-order valence-electron chi connectivity index (χ2n) is 2.20. The minimum atomic E-state index is 0.129. The normalized spacial score (nSPS) is 10.4. The van der Waals surface area contributed by atoms with Gasteiger partial charge in [-0.1, -0.05) is 10.3 Å². The van der Waals surface area contributed by atoms with Crippen molar-refractivity contribution < 1.29 is 9.74 Å². The van der Waals surface area contributed by atoms with Crippen LogP contribution in [-0.4, -0.2) is 28.6 Å². The summed E-state index contributed by atoms with van der Waals surface area (Å²) in [6, 6.07) is 0. The Labute approximate surface area is 64.4 Å². The maximum atomic E-state index is 8.44. The van der Waals surface area contributed by atoms with Crippen molar-refractivity contribution in [3.05, 3.63) is 11.4 Å². The number of aryl methyl sites for hydroxylation is 1. The summed E-state index contributed by atoms with van der Waals surface area (Å²) in [5, 5.41) is 18.7. The zero-order valence-electron chi connectivity index (χ0n) is 6.37. The van der Waals surface area contributed by atoms with Crippen LogP contribution >= 0.6 is 0 Å². The number of nitrogens with zero attached hydrogens (tertiary/aromatic N) is 2. The molecule has 0 atom stereocenters. The van der Waals surface area contributed by atoms with Crippen LogP contribution < -0.4 is 5.32 Å². The first-order chi connectivity index (χ1) is 5.34. The smallest absolute Gasteiger partial charge is 0.121 e. The highest BCUT2D eigenvalue weighted by atomic mass is 16.6. The van der Waals surface area contributed by atoms with Crippen molar-refractivity contribution in [2.24, 2.45) is 0 Å². The van der Waals surface area contributed by atoms with Crippen molar-refractivity contribution >= 4 is 0 Å². The van der Waals surface area contributed by atoms with Gasteiger partial charge in [0, 0.05) is 13.1 Å². The SMILES string of the molecule is Cc1nonc1CNCCO. The molecule has 0 aliphatic heterocycles. The Morgan fingerprint density at radius 2 is 2.36 bits per heavy atom. The maximum Gasteiger partial charge on any atom is 0.121 e. The first kappa shape index (κ1) is 8.16. The number of hydrogen-bond donors (Lipinski definition) is 2. The van der Waals surface area contributed by atoms with Crippen LogP contribution in [0.15, 0.2) is 4.63 Å². The molecule has 0 unspecified atom stereocenters. The van der Waals surface area contributed by atoms with E-state index in [0.29, 0.717) is 13.1 Å². The lowest BCUT2D eigenvalue weighted by Gasteiger charge is -1.96. The number of nitrogens with one attached hydrogen (secondary N) is 1. The van der Waals surface area contributed by atoms with Gasteiger partial charge in [-0.15, -0.1) is 0 Å². The Morgan fingerprint density at radius 3 is 2.91 bits per heavy atom. The van der Waals surface area contributed by atoms with Gasteiger partial charge in [0.25, 0.3) is 0 Å². The van der Waals surface area contributed by atoms with Gasteiger partial charge in [-0.2, -0.15) is 0 Å². The molecule has 5 heteroatoms. The summed E-state index contributed by atoms with van der Waals surface area (Å²) >= 11 is 0. The molecule has 62 valence electrons. The quantitative estimate of drug-likeness (QED) is 0.574. The lowest BCUT2D eigenvalue weighted by Crippen LogP contribution is -2.18. The summed E-state index contributed by atoms with van der Waals surface area (Å²) in [5.41, 5.74) is 1.58. The molecular formula is C6H11N3O2. The Bertz CT molecular complexity index is 211. The zero-order chi connectivity index (χ0) is 8.10. The van der Waals surface area contributed by atoms with Gasteiger partial charge in [0.1, 0.15) is 11.4 Å². The number of aliphatic hydroxyl groups is 1. The van der Waals surface area contributed by atoms with Crippen LogP contribution in [0.2, 0.25) is 0 Å². The van der Waals surface area contributed by atoms with Crippen molar-refractivity contribution in [3.8, 4) is 0 Å². The van der Waals surface area contributed by atoms with Crippen molar-refractivity contribution in [1.82, 2.24) is 15.6 Å². The second-order valence-corrected chi connectivity index (χ2v) is 2.20. The highest BCUT2D eigenvalue weighted by molar-refractivity contribution is 5.03. The van der Waals surface area contributed by atoms with E-state index < -0.39 is 0 Å². The Hall–Kier alpha value is -0.940. The average molecular weight is 157 g/mol. The molecule has 1 rings (SSSR count). The van der Waals surface area contributed by atoms with Crippen LogP contribution in [-0.2, 0) is 6.54 Å². The molecule has 1 aromatic rings. The lowest BCUT2D eigenvalue weighted by molar-refractivity contribution is 0.287. The Morgan fingerprint density at radius 1 is 1.55 bits per heavy atom. The van der Waals surface area contributed by atoms with Gasteiger partial charge in [-0.3, -0.25) is 0 Å². The van der Waals surface area contributed by atoms with E-state index in [0.717, 1.165) is 11.4 Å². The summed E-state index contributed by atoms with van der Waals surface area (Å²) < 4.78 is 4.47. The van der Waals surface area contributed by atoms with Crippen molar-refractivity contribution in [1.29, 1.82) is 0 Å². The maximum absolute atomic E-state index is 8.44. The van der Waals surface area contributed by atoms with E-state index in [9.17, 15) is 0 Å². The van der Waals surface area contributed by atoms with Gasteiger partial charge in [-0.05, 0) is 6.92 Å². The van der Waals surface area contributed by atoms with Crippen LogP contribution in [0.3, 0.4) is 0 Å². The summed E-state index contributed by atoms with van der Waals surface area (Å²) in [4.78, 5) is 0. The predicted octanol–water partition coefficient (Wildman–Crippen LogP) is -0.540. The van der Waals surface area contributed by atoms with Gasteiger partial charge in [0.05, 0.1) is 6.61 Å². The van der Waals surface area contributed by atoms with Crippen molar-refractivity contribution in [2.75, 3.05) is 13.2 Å². The molecule has 5 nitrogen and oxygen atoms in total. The molecule has 0 bridgehead atoms. The molecule has 0 aliphatic rings. The average Bonchev–Trinajstić information content (AvgIpc) is 2.37. The molecule has 0 radical (unpaired) electrons. The minimum Gasteiger partial charge on any atom is -0.395 e. The predicted molar refractivity (Wildman–Crippen MR) is 37.8 cm³/mol. The van der Waals surface area contributed by atoms with E-state index >= 15 is 0 Å².